The molecule has 4 heteroatoms. The predicted octanol–water partition coefficient (Wildman–Crippen LogP) is 4.92. The van der Waals surface area contributed by atoms with Crippen LogP contribution in [0.2, 0.25) is 0 Å². The van der Waals surface area contributed by atoms with Gasteiger partial charge in [-0.15, -0.1) is 0 Å². The second-order valence-corrected chi connectivity index (χ2v) is 7.15. The minimum Gasteiger partial charge on any atom is -0.349 e. The van der Waals surface area contributed by atoms with E-state index in [4.69, 9.17) is 5.41 Å². The maximum atomic E-state index is 13.4. The Bertz CT molecular complexity index is 772. The SMILES string of the molecule is CC(NC(=O)C1(c2ccccc2)CCCC(=N)CC1)c1ccc(F)cc1. The van der Waals surface area contributed by atoms with E-state index < -0.39 is 5.41 Å². The lowest BCUT2D eigenvalue weighted by Gasteiger charge is -2.33. The fourth-order valence-electron chi connectivity index (χ4n) is 3.79. The highest BCUT2D eigenvalue weighted by atomic mass is 19.1. The fourth-order valence-corrected chi connectivity index (χ4v) is 3.79. The van der Waals surface area contributed by atoms with Crippen molar-refractivity contribution >= 4 is 11.6 Å². The number of amides is 1. The van der Waals surface area contributed by atoms with Gasteiger partial charge < -0.3 is 10.7 Å². The molecule has 1 amide bonds. The highest BCUT2D eigenvalue weighted by Gasteiger charge is 2.41. The smallest absolute Gasteiger partial charge is 0.231 e. The second-order valence-electron chi connectivity index (χ2n) is 7.15. The third kappa shape index (κ3) is 3.85. The van der Waals surface area contributed by atoms with Crippen LogP contribution in [0.25, 0.3) is 0 Å². The first kappa shape index (κ1) is 18.3. The quantitative estimate of drug-likeness (QED) is 0.754. The van der Waals surface area contributed by atoms with Crippen LogP contribution >= 0.6 is 0 Å². The van der Waals surface area contributed by atoms with E-state index in [1.54, 1.807) is 12.1 Å². The van der Waals surface area contributed by atoms with E-state index in [1.165, 1.54) is 12.1 Å². The van der Waals surface area contributed by atoms with Gasteiger partial charge in [0.05, 0.1) is 11.5 Å². The highest BCUT2D eigenvalue weighted by molar-refractivity contribution is 5.90. The van der Waals surface area contributed by atoms with E-state index >= 15 is 0 Å². The van der Waals surface area contributed by atoms with Crippen LogP contribution in [-0.2, 0) is 10.2 Å². The summed E-state index contributed by atoms with van der Waals surface area (Å²) in [6, 6.07) is 15.9. The Morgan fingerprint density at radius 1 is 1.08 bits per heavy atom. The molecule has 3 rings (SSSR count). The molecule has 0 bridgehead atoms. The molecular formula is C22H25FN2O. The van der Waals surface area contributed by atoms with Crippen molar-refractivity contribution in [1.29, 1.82) is 5.41 Å². The van der Waals surface area contributed by atoms with Gasteiger partial charge in [0.15, 0.2) is 0 Å². The van der Waals surface area contributed by atoms with E-state index in [-0.39, 0.29) is 17.8 Å². The molecule has 0 spiro atoms. The van der Waals surface area contributed by atoms with Crippen molar-refractivity contribution < 1.29 is 9.18 Å². The summed E-state index contributed by atoms with van der Waals surface area (Å²) in [6.07, 6.45) is 3.63. The molecule has 1 aliphatic rings. The second kappa shape index (κ2) is 7.81. The van der Waals surface area contributed by atoms with Crippen molar-refractivity contribution in [3.05, 3.63) is 71.5 Å². The normalized spacial score (nSPS) is 21.7. The van der Waals surface area contributed by atoms with Gasteiger partial charge in [-0.05, 0) is 62.3 Å². The molecule has 2 unspecified atom stereocenters. The lowest BCUT2D eigenvalue weighted by atomic mass is 9.73. The van der Waals surface area contributed by atoms with Gasteiger partial charge >= 0.3 is 0 Å². The fraction of sp³-hybridized carbons (Fsp3) is 0.364. The van der Waals surface area contributed by atoms with Gasteiger partial charge in [0.2, 0.25) is 5.91 Å². The monoisotopic (exact) mass is 352 g/mol. The molecule has 3 nitrogen and oxygen atoms in total. The summed E-state index contributed by atoms with van der Waals surface area (Å²) in [5.74, 6) is -0.287. The molecule has 1 saturated carbocycles. The van der Waals surface area contributed by atoms with E-state index in [2.05, 4.69) is 5.32 Å². The number of nitrogens with one attached hydrogen (secondary N) is 2. The van der Waals surface area contributed by atoms with E-state index in [1.807, 2.05) is 37.3 Å². The minimum atomic E-state index is -0.613. The molecule has 0 heterocycles. The Balaban J connectivity index is 1.87. The zero-order valence-corrected chi connectivity index (χ0v) is 15.1. The molecule has 0 aromatic heterocycles. The number of carbonyl (C=O) groups excluding carboxylic acids is 1. The highest BCUT2D eigenvalue weighted by Crippen LogP contribution is 2.38. The van der Waals surface area contributed by atoms with Crippen LogP contribution in [0.15, 0.2) is 54.6 Å². The van der Waals surface area contributed by atoms with Crippen LogP contribution in [0.5, 0.6) is 0 Å². The molecule has 1 fully saturated rings. The molecule has 2 atom stereocenters. The van der Waals surface area contributed by atoms with Crippen LogP contribution in [0, 0.1) is 11.2 Å². The summed E-state index contributed by atoms with van der Waals surface area (Å²) in [6.45, 7) is 1.92. The van der Waals surface area contributed by atoms with Gasteiger partial charge in [0, 0.05) is 5.71 Å². The first-order valence-corrected chi connectivity index (χ1v) is 9.19. The van der Waals surface area contributed by atoms with Crippen molar-refractivity contribution in [2.24, 2.45) is 0 Å². The number of rotatable bonds is 4. The Morgan fingerprint density at radius 3 is 2.46 bits per heavy atom. The van der Waals surface area contributed by atoms with E-state index in [9.17, 15) is 9.18 Å². The molecular weight excluding hydrogens is 327 g/mol. The lowest BCUT2D eigenvalue weighted by molar-refractivity contribution is -0.128. The zero-order chi connectivity index (χ0) is 18.6. The topological polar surface area (TPSA) is 53.0 Å². The van der Waals surface area contributed by atoms with Crippen LogP contribution < -0.4 is 5.32 Å². The molecule has 2 aromatic rings. The summed E-state index contributed by atoms with van der Waals surface area (Å²) < 4.78 is 13.2. The molecule has 0 radical (unpaired) electrons. The Labute approximate surface area is 154 Å². The number of halogens is 1. The molecule has 2 aromatic carbocycles. The average molecular weight is 352 g/mol. The average Bonchev–Trinajstić information content (AvgIpc) is 2.85. The maximum absolute atomic E-state index is 13.4. The first-order chi connectivity index (χ1) is 12.5. The molecule has 136 valence electrons. The number of carbonyl (C=O) groups is 1. The van der Waals surface area contributed by atoms with Crippen LogP contribution in [0.3, 0.4) is 0 Å². The van der Waals surface area contributed by atoms with Crippen molar-refractivity contribution in [1.82, 2.24) is 5.32 Å². The molecule has 1 aliphatic carbocycles. The summed E-state index contributed by atoms with van der Waals surface area (Å²) >= 11 is 0. The van der Waals surface area contributed by atoms with Crippen molar-refractivity contribution in [2.45, 2.75) is 50.5 Å². The number of hydrogen-bond donors (Lipinski definition) is 2. The molecule has 0 saturated heterocycles. The Morgan fingerprint density at radius 2 is 1.77 bits per heavy atom. The van der Waals surface area contributed by atoms with Gasteiger partial charge in [-0.1, -0.05) is 42.5 Å². The summed E-state index contributed by atoms with van der Waals surface area (Å²) in [4.78, 5) is 13.4. The third-order valence-corrected chi connectivity index (χ3v) is 5.41. The van der Waals surface area contributed by atoms with Crippen LogP contribution in [-0.4, -0.2) is 11.6 Å². The summed E-state index contributed by atoms with van der Waals surface area (Å²) in [5, 5.41) is 11.2. The predicted molar refractivity (Wildman–Crippen MR) is 102 cm³/mol. The van der Waals surface area contributed by atoms with Gasteiger partial charge in [0.1, 0.15) is 5.82 Å². The largest absolute Gasteiger partial charge is 0.349 e. The van der Waals surface area contributed by atoms with Crippen LogP contribution in [0.1, 0.15) is 56.2 Å². The number of hydrogen-bond acceptors (Lipinski definition) is 2. The van der Waals surface area contributed by atoms with Crippen molar-refractivity contribution in [3.8, 4) is 0 Å². The first-order valence-electron chi connectivity index (χ1n) is 9.19. The lowest BCUT2D eigenvalue weighted by Crippen LogP contribution is -2.45. The maximum Gasteiger partial charge on any atom is 0.231 e. The van der Waals surface area contributed by atoms with E-state index in [0.29, 0.717) is 12.8 Å². The summed E-state index contributed by atoms with van der Waals surface area (Å²) in [5.41, 5.74) is 2.00. The van der Waals surface area contributed by atoms with Gasteiger partial charge in [-0.25, -0.2) is 4.39 Å². The Hall–Kier alpha value is -2.49. The molecule has 26 heavy (non-hydrogen) atoms. The van der Waals surface area contributed by atoms with Gasteiger partial charge in [0.25, 0.3) is 0 Å². The van der Waals surface area contributed by atoms with Gasteiger partial charge in [-0.3, -0.25) is 4.79 Å². The van der Waals surface area contributed by atoms with Crippen LogP contribution in [0.4, 0.5) is 4.39 Å². The summed E-state index contributed by atoms with van der Waals surface area (Å²) in [7, 11) is 0. The third-order valence-electron chi connectivity index (χ3n) is 5.41. The van der Waals surface area contributed by atoms with Crippen molar-refractivity contribution in [2.75, 3.05) is 0 Å². The van der Waals surface area contributed by atoms with Crippen molar-refractivity contribution in [3.63, 3.8) is 0 Å². The zero-order valence-electron chi connectivity index (χ0n) is 15.1. The van der Waals surface area contributed by atoms with Gasteiger partial charge in [-0.2, -0.15) is 0 Å². The van der Waals surface area contributed by atoms with E-state index in [0.717, 1.165) is 36.1 Å². The molecule has 2 N–H and O–H groups in total. The number of benzene rings is 2. The molecule has 0 aliphatic heterocycles. The standard InChI is InChI=1S/C22H25FN2O/c1-16(17-9-11-19(23)12-10-17)25-21(26)22(18-6-3-2-4-7-18)14-5-8-20(24)13-15-22/h2-4,6-7,9-12,16,24H,5,8,13-15H2,1H3,(H,25,26). The minimum absolute atomic E-state index is 0.00442. The Kier molecular flexibility index (Phi) is 5.50.